The van der Waals surface area contributed by atoms with Gasteiger partial charge in [0, 0.05) is 6.54 Å². The number of benzene rings is 1. The molecule has 0 saturated heterocycles. The van der Waals surface area contributed by atoms with Crippen LogP contribution in [0.2, 0.25) is 5.02 Å². The predicted octanol–water partition coefficient (Wildman–Crippen LogP) is 1.99. The van der Waals surface area contributed by atoms with Crippen LogP contribution in [0.4, 0.5) is 5.82 Å². The molecule has 0 atom stereocenters. The van der Waals surface area contributed by atoms with Gasteiger partial charge in [-0.2, -0.15) is 0 Å². The molecule has 1 aromatic carbocycles. The Kier molecular flexibility index (Phi) is 4.04. The van der Waals surface area contributed by atoms with Gasteiger partial charge in [0.1, 0.15) is 10.7 Å². The summed E-state index contributed by atoms with van der Waals surface area (Å²) in [6, 6.07) is 11.1. The Morgan fingerprint density at radius 2 is 1.89 bits per heavy atom. The molecule has 1 heterocycles. The molecule has 0 spiro atoms. The number of hydrogen-bond donors (Lipinski definition) is 2. The third-order valence-electron chi connectivity index (χ3n) is 2.38. The fraction of sp³-hybridized carbons (Fsp3) is 0.0833. The average molecular weight is 298 g/mol. The molecule has 2 rings (SSSR count). The van der Waals surface area contributed by atoms with E-state index in [-0.39, 0.29) is 22.3 Å². The predicted molar refractivity (Wildman–Crippen MR) is 74.4 cm³/mol. The van der Waals surface area contributed by atoms with Crippen LogP contribution in [0.5, 0.6) is 0 Å². The molecule has 19 heavy (non-hydrogen) atoms. The van der Waals surface area contributed by atoms with Crippen LogP contribution in [0, 0.1) is 0 Å². The van der Waals surface area contributed by atoms with Crippen LogP contribution < -0.4 is 10.5 Å². The maximum atomic E-state index is 12.2. The highest BCUT2D eigenvalue weighted by atomic mass is 35.5. The van der Waals surface area contributed by atoms with Crippen molar-refractivity contribution in [1.82, 2.24) is 4.98 Å². The number of hydrogen-bond acceptors (Lipinski definition) is 4. The van der Waals surface area contributed by atoms with Gasteiger partial charge in [-0.15, -0.1) is 0 Å². The van der Waals surface area contributed by atoms with E-state index in [9.17, 15) is 8.42 Å². The first-order valence-corrected chi connectivity index (χ1v) is 7.32. The van der Waals surface area contributed by atoms with Crippen LogP contribution in [0.25, 0.3) is 0 Å². The number of pyridine rings is 1. The molecule has 0 amide bonds. The second kappa shape index (κ2) is 5.56. The number of nitrogens with zero attached hydrogens (tertiary/aromatic N) is 1. The number of sulfonamides is 1. The van der Waals surface area contributed by atoms with Crippen molar-refractivity contribution in [1.29, 1.82) is 0 Å². The average Bonchev–Trinajstić information content (AvgIpc) is 2.38. The van der Waals surface area contributed by atoms with Gasteiger partial charge in [-0.1, -0.05) is 29.8 Å². The molecule has 2 aromatic rings. The Hall–Kier alpha value is -1.63. The molecule has 0 aliphatic heterocycles. The minimum absolute atomic E-state index is 0.0108. The normalized spacial score (nSPS) is 11.3. The SMILES string of the molecule is NCc1cccc(NS(=O)(=O)c2ccccc2Cl)n1. The fourth-order valence-electron chi connectivity index (χ4n) is 1.51. The van der Waals surface area contributed by atoms with E-state index in [1.807, 2.05) is 0 Å². The van der Waals surface area contributed by atoms with Gasteiger partial charge in [0.2, 0.25) is 0 Å². The van der Waals surface area contributed by atoms with Gasteiger partial charge in [-0.3, -0.25) is 4.72 Å². The summed E-state index contributed by atoms with van der Waals surface area (Å²) < 4.78 is 26.7. The number of aromatic nitrogens is 1. The van der Waals surface area contributed by atoms with E-state index in [2.05, 4.69) is 9.71 Å². The lowest BCUT2D eigenvalue weighted by Gasteiger charge is -2.09. The number of rotatable bonds is 4. The van der Waals surface area contributed by atoms with E-state index in [4.69, 9.17) is 17.3 Å². The highest BCUT2D eigenvalue weighted by molar-refractivity contribution is 7.92. The van der Waals surface area contributed by atoms with Crippen LogP contribution in [0.3, 0.4) is 0 Å². The minimum atomic E-state index is -3.75. The Labute approximate surface area is 116 Å². The summed E-state index contributed by atoms with van der Waals surface area (Å²) in [5, 5.41) is 0.157. The zero-order valence-corrected chi connectivity index (χ0v) is 11.4. The van der Waals surface area contributed by atoms with E-state index >= 15 is 0 Å². The van der Waals surface area contributed by atoms with Gasteiger partial charge in [0.05, 0.1) is 10.7 Å². The zero-order valence-electron chi connectivity index (χ0n) is 9.88. The Morgan fingerprint density at radius 3 is 2.58 bits per heavy atom. The minimum Gasteiger partial charge on any atom is -0.325 e. The molecule has 0 saturated carbocycles. The smallest absolute Gasteiger partial charge is 0.264 e. The number of halogens is 1. The van der Waals surface area contributed by atoms with Crippen molar-refractivity contribution in [2.45, 2.75) is 11.4 Å². The molecule has 0 aliphatic rings. The van der Waals surface area contributed by atoms with Crippen molar-refractivity contribution in [2.75, 3.05) is 4.72 Å². The van der Waals surface area contributed by atoms with E-state index in [1.54, 1.807) is 30.3 Å². The first kappa shape index (κ1) is 13.8. The van der Waals surface area contributed by atoms with E-state index < -0.39 is 10.0 Å². The van der Waals surface area contributed by atoms with Crippen molar-refractivity contribution in [2.24, 2.45) is 5.73 Å². The summed E-state index contributed by atoms with van der Waals surface area (Å²) in [5.74, 6) is 0.211. The van der Waals surface area contributed by atoms with Gasteiger partial charge in [-0.25, -0.2) is 13.4 Å². The summed E-state index contributed by atoms with van der Waals surface area (Å²) in [7, 11) is -3.75. The van der Waals surface area contributed by atoms with Crippen LogP contribution in [0.15, 0.2) is 47.4 Å². The van der Waals surface area contributed by atoms with Gasteiger partial charge >= 0.3 is 0 Å². The lowest BCUT2D eigenvalue weighted by atomic mass is 10.3. The van der Waals surface area contributed by atoms with Crippen molar-refractivity contribution < 1.29 is 8.42 Å². The summed E-state index contributed by atoms with van der Waals surface area (Å²) in [5.41, 5.74) is 6.05. The van der Waals surface area contributed by atoms with Gasteiger partial charge < -0.3 is 5.73 Å². The third-order valence-corrected chi connectivity index (χ3v) is 4.24. The maximum Gasteiger partial charge on any atom is 0.264 e. The molecule has 0 radical (unpaired) electrons. The Morgan fingerprint density at radius 1 is 1.16 bits per heavy atom. The molecule has 3 N–H and O–H groups in total. The quantitative estimate of drug-likeness (QED) is 0.904. The van der Waals surface area contributed by atoms with Crippen LogP contribution >= 0.6 is 11.6 Å². The van der Waals surface area contributed by atoms with Crippen LogP contribution in [0.1, 0.15) is 5.69 Å². The van der Waals surface area contributed by atoms with Crippen molar-refractivity contribution >= 4 is 27.4 Å². The molecule has 0 fully saturated rings. The lowest BCUT2D eigenvalue weighted by Crippen LogP contribution is -2.15. The third kappa shape index (κ3) is 3.23. The molecule has 7 heteroatoms. The Bertz CT molecular complexity index is 689. The summed E-state index contributed by atoms with van der Waals surface area (Å²) in [4.78, 5) is 4.08. The zero-order chi connectivity index (χ0) is 13.9. The first-order chi connectivity index (χ1) is 9.03. The molecule has 0 aliphatic carbocycles. The van der Waals surface area contributed by atoms with Crippen molar-refractivity contribution in [3.05, 3.63) is 53.2 Å². The highest BCUT2D eigenvalue weighted by Crippen LogP contribution is 2.22. The number of nitrogens with one attached hydrogen (secondary N) is 1. The topological polar surface area (TPSA) is 85.1 Å². The molecular formula is C12H12ClN3O2S. The largest absolute Gasteiger partial charge is 0.325 e. The molecule has 100 valence electrons. The van der Waals surface area contributed by atoms with E-state index in [0.717, 1.165) is 0 Å². The van der Waals surface area contributed by atoms with Gasteiger partial charge in [-0.05, 0) is 24.3 Å². The van der Waals surface area contributed by atoms with Crippen LogP contribution in [-0.4, -0.2) is 13.4 Å². The van der Waals surface area contributed by atoms with Crippen LogP contribution in [-0.2, 0) is 16.6 Å². The standard InChI is InChI=1S/C12H12ClN3O2S/c13-10-5-1-2-6-11(10)19(17,18)16-12-7-3-4-9(8-14)15-12/h1-7H,8,14H2,(H,15,16). The molecule has 5 nitrogen and oxygen atoms in total. The molecule has 1 aromatic heterocycles. The van der Waals surface area contributed by atoms with E-state index in [0.29, 0.717) is 5.69 Å². The number of anilines is 1. The summed E-state index contributed by atoms with van der Waals surface area (Å²) >= 11 is 5.87. The lowest BCUT2D eigenvalue weighted by molar-refractivity contribution is 0.601. The fourth-order valence-corrected chi connectivity index (χ4v) is 3.03. The van der Waals surface area contributed by atoms with Crippen molar-refractivity contribution in [3.8, 4) is 0 Å². The highest BCUT2D eigenvalue weighted by Gasteiger charge is 2.17. The molecule has 0 unspecified atom stereocenters. The molecule has 0 bridgehead atoms. The summed E-state index contributed by atoms with van der Waals surface area (Å²) in [6.07, 6.45) is 0. The van der Waals surface area contributed by atoms with Gasteiger partial charge in [0.15, 0.2) is 0 Å². The maximum absolute atomic E-state index is 12.2. The van der Waals surface area contributed by atoms with Crippen molar-refractivity contribution in [3.63, 3.8) is 0 Å². The monoisotopic (exact) mass is 297 g/mol. The van der Waals surface area contributed by atoms with Gasteiger partial charge in [0.25, 0.3) is 10.0 Å². The second-order valence-electron chi connectivity index (χ2n) is 3.75. The molecular weight excluding hydrogens is 286 g/mol. The number of nitrogens with two attached hydrogens (primary N) is 1. The van der Waals surface area contributed by atoms with E-state index in [1.165, 1.54) is 12.1 Å². The first-order valence-electron chi connectivity index (χ1n) is 5.46. The second-order valence-corrected chi connectivity index (χ2v) is 5.81. The summed E-state index contributed by atoms with van der Waals surface area (Å²) in [6.45, 7) is 0.238. The Balaban J connectivity index is 2.34.